The van der Waals surface area contributed by atoms with Crippen molar-refractivity contribution in [1.29, 1.82) is 0 Å². The van der Waals surface area contributed by atoms with E-state index in [1.54, 1.807) is 0 Å². The van der Waals surface area contributed by atoms with Gasteiger partial charge in [0.05, 0.1) is 24.9 Å². The van der Waals surface area contributed by atoms with Gasteiger partial charge in [0.2, 0.25) is 0 Å². The quantitative estimate of drug-likeness (QED) is 0.274. The molecule has 0 bridgehead atoms. The van der Waals surface area contributed by atoms with Gasteiger partial charge < -0.3 is 23.1 Å². The monoisotopic (exact) mass is 562 g/mol. The Kier molecular flexibility index (Phi) is 11.4. The van der Waals surface area contributed by atoms with Crippen molar-refractivity contribution in [2.45, 2.75) is 161 Å². The van der Waals surface area contributed by atoms with Crippen LogP contribution in [0.4, 0.5) is 0 Å². The Hall–Kier alpha value is 0.451. The van der Waals surface area contributed by atoms with Crippen LogP contribution in [-0.4, -0.2) is 67.7 Å². The van der Waals surface area contributed by atoms with E-state index in [0.29, 0.717) is 13.0 Å². The van der Waals surface area contributed by atoms with Crippen molar-refractivity contribution in [3.8, 4) is 0 Å². The van der Waals surface area contributed by atoms with Crippen molar-refractivity contribution in [3.05, 3.63) is 0 Å². The van der Waals surface area contributed by atoms with Crippen molar-refractivity contribution in [1.82, 2.24) is 0 Å². The average molecular weight is 563 g/mol. The van der Waals surface area contributed by atoms with Gasteiger partial charge in [-0.3, -0.25) is 0 Å². The number of hydrogen-bond donors (Lipinski definition) is 1. The van der Waals surface area contributed by atoms with Crippen LogP contribution in [0.5, 0.6) is 0 Å². The Morgan fingerprint density at radius 3 is 1.56 bits per heavy atom. The standard InChI is InChI=1S/C28H62O5Si3/c1-21(17-18-29)25-23(33-36(15,16)28(8,9)10)19-22(32-35(13,14)27(5,6)7)24(31-25)20-30-34(11,12)26(2,3)4/h21-25,29H,17-20H2,1-16H3/t21-,22+,23?,24+,25-/m0/s1. The Balaban J connectivity index is 3.39. The fraction of sp³-hybridized carbons (Fsp3) is 1.00. The lowest BCUT2D eigenvalue weighted by atomic mass is 9.89. The van der Waals surface area contributed by atoms with E-state index < -0.39 is 25.0 Å². The first-order valence-corrected chi connectivity index (χ1v) is 22.8. The molecule has 5 atom stereocenters. The summed E-state index contributed by atoms with van der Waals surface area (Å²) in [5.41, 5.74) is 0. The second-order valence-corrected chi connectivity index (χ2v) is 30.1. The molecule has 36 heavy (non-hydrogen) atoms. The zero-order chi connectivity index (χ0) is 28.5. The highest BCUT2D eigenvalue weighted by molar-refractivity contribution is 6.75. The van der Waals surface area contributed by atoms with Crippen LogP contribution >= 0.6 is 0 Å². The van der Waals surface area contributed by atoms with Gasteiger partial charge in [-0.25, -0.2) is 0 Å². The third-order valence-electron chi connectivity index (χ3n) is 9.64. The maximum absolute atomic E-state index is 9.75. The predicted molar refractivity (Wildman–Crippen MR) is 161 cm³/mol. The minimum atomic E-state index is -2.04. The van der Waals surface area contributed by atoms with Crippen molar-refractivity contribution in [2.24, 2.45) is 5.92 Å². The Morgan fingerprint density at radius 2 is 1.17 bits per heavy atom. The minimum Gasteiger partial charge on any atom is -0.414 e. The normalized spacial score (nSPS) is 26.2. The van der Waals surface area contributed by atoms with Gasteiger partial charge in [0.15, 0.2) is 25.0 Å². The van der Waals surface area contributed by atoms with E-state index in [1.165, 1.54) is 0 Å². The molecule has 0 radical (unpaired) electrons. The van der Waals surface area contributed by atoms with Crippen molar-refractivity contribution >= 4 is 25.0 Å². The molecule has 1 heterocycles. The number of aliphatic hydroxyl groups is 1. The highest BCUT2D eigenvalue weighted by Crippen LogP contribution is 2.44. The van der Waals surface area contributed by atoms with Crippen LogP contribution in [0.25, 0.3) is 0 Å². The number of rotatable bonds is 10. The number of ether oxygens (including phenoxy) is 1. The minimum absolute atomic E-state index is 0.0497. The molecule has 216 valence electrons. The van der Waals surface area contributed by atoms with Crippen molar-refractivity contribution in [3.63, 3.8) is 0 Å². The lowest BCUT2D eigenvalue weighted by molar-refractivity contribution is -0.185. The second-order valence-electron chi connectivity index (χ2n) is 15.8. The molecule has 1 rings (SSSR count). The molecule has 1 N–H and O–H groups in total. The molecule has 8 heteroatoms. The summed E-state index contributed by atoms with van der Waals surface area (Å²) in [6.07, 6.45) is 1.17. The van der Waals surface area contributed by atoms with Crippen molar-refractivity contribution in [2.75, 3.05) is 13.2 Å². The topological polar surface area (TPSA) is 57.2 Å². The molecular weight excluding hydrogens is 501 g/mol. The zero-order valence-corrected chi connectivity index (χ0v) is 29.8. The van der Waals surface area contributed by atoms with Gasteiger partial charge in [0, 0.05) is 13.0 Å². The Bertz CT molecular complexity index is 689. The first-order chi connectivity index (χ1) is 15.9. The number of aliphatic hydroxyl groups excluding tert-OH is 1. The molecule has 1 aliphatic heterocycles. The first kappa shape index (κ1) is 34.5. The summed E-state index contributed by atoms with van der Waals surface area (Å²) < 4.78 is 27.7. The fourth-order valence-electron chi connectivity index (χ4n) is 3.76. The van der Waals surface area contributed by atoms with Crippen LogP contribution in [0.1, 0.15) is 82.1 Å². The van der Waals surface area contributed by atoms with E-state index >= 15 is 0 Å². The van der Waals surface area contributed by atoms with Crippen LogP contribution in [0.3, 0.4) is 0 Å². The summed E-state index contributed by atoms with van der Waals surface area (Å²) >= 11 is 0. The van der Waals surface area contributed by atoms with Gasteiger partial charge >= 0.3 is 0 Å². The average Bonchev–Trinajstić information content (AvgIpc) is 2.64. The molecule has 1 unspecified atom stereocenters. The summed E-state index contributed by atoms with van der Waals surface area (Å²) in [5, 5.41) is 10.1. The summed E-state index contributed by atoms with van der Waals surface area (Å²) in [6.45, 7) is 37.3. The van der Waals surface area contributed by atoms with Crippen LogP contribution in [-0.2, 0) is 18.0 Å². The van der Waals surface area contributed by atoms with E-state index in [2.05, 4.69) is 109 Å². The maximum atomic E-state index is 9.75. The molecule has 0 aliphatic carbocycles. The molecule has 0 aromatic rings. The molecule has 0 aromatic carbocycles. The molecule has 1 saturated heterocycles. The van der Waals surface area contributed by atoms with Crippen LogP contribution in [0, 0.1) is 5.92 Å². The first-order valence-electron chi connectivity index (χ1n) is 14.1. The Morgan fingerprint density at radius 1 is 0.750 bits per heavy atom. The molecule has 0 saturated carbocycles. The van der Waals surface area contributed by atoms with Crippen LogP contribution in [0.15, 0.2) is 0 Å². The SMILES string of the molecule is C[C@@H](CCO)[C@@H]1O[C@H](CO[Si](C)(C)C(C)(C)C)[C@H](O[Si](C)(C)C(C)(C)C)CC1O[Si](C)(C)C(C)(C)C. The molecular formula is C28H62O5Si3. The fourth-order valence-corrected chi connectivity index (χ4v) is 7.48. The van der Waals surface area contributed by atoms with Gasteiger partial charge in [-0.15, -0.1) is 0 Å². The van der Waals surface area contributed by atoms with E-state index in [1.807, 2.05) is 0 Å². The predicted octanol–water partition coefficient (Wildman–Crippen LogP) is 7.97. The molecule has 0 spiro atoms. The lowest BCUT2D eigenvalue weighted by Gasteiger charge is -2.51. The summed E-state index contributed by atoms with van der Waals surface area (Å²) in [7, 11) is -6.02. The molecule has 1 fully saturated rings. The van der Waals surface area contributed by atoms with Crippen molar-refractivity contribution < 1.29 is 23.1 Å². The van der Waals surface area contributed by atoms with E-state index in [4.69, 9.17) is 18.0 Å². The highest BCUT2D eigenvalue weighted by Gasteiger charge is 2.50. The Labute approximate surface area is 227 Å². The van der Waals surface area contributed by atoms with Gasteiger partial charge in [0.25, 0.3) is 0 Å². The maximum Gasteiger partial charge on any atom is 0.192 e. The molecule has 5 nitrogen and oxygen atoms in total. The van der Waals surface area contributed by atoms with Crippen LogP contribution in [0.2, 0.25) is 54.4 Å². The summed E-state index contributed by atoms with van der Waals surface area (Å²) in [6, 6.07) is 0. The van der Waals surface area contributed by atoms with E-state index in [9.17, 15) is 5.11 Å². The summed E-state index contributed by atoms with van der Waals surface area (Å²) in [5.74, 6) is 0.189. The smallest absolute Gasteiger partial charge is 0.192 e. The van der Waals surface area contributed by atoms with Gasteiger partial charge in [-0.05, 0) is 66.7 Å². The van der Waals surface area contributed by atoms with Gasteiger partial charge in [0.1, 0.15) is 6.10 Å². The third-order valence-corrected chi connectivity index (χ3v) is 23.2. The molecule has 0 aromatic heterocycles. The van der Waals surface area contributed by atoms with E-state index in [-0.39, 0.29) is 52.1 Å². The van der Waals surface area contributed by atoms with Crippen LogP contribution < -0.4 is 0 Å². The van der Waals surface area contributed by atoms with Gasteiger partial charge in [-0.1, -0.05) is 69.2 Å². The number of hydrogen-bond acceptors (Lipinski definition) is 5. The zero-order valence-electron chi connectivity index (χ0n) is 26.8. The molecule has 0 amide bonds. The lowest BCUT2D eigenvalue weighted by Crippen LogP contribution is -2.60. The summed E-state index contributed by atoms with van der Waals surface area (Å²) in [4.78, 5) is 0. The van der Waals surface area contributed by atoms with E-state index in [0.717, 1.165) is 6.42 Å². The highest BCUT2D eigenvalue weighted by atomic mass is 28.4. The second kappa shape index (κ2) is 11.9. The third kappa shape index (κ3) is 8.73. The largest absolute Gasteiger partial charge is 0.414 e. The molecule has 1 aliphatic rings. The van der Waals surface area contributed by atoms with Gasteiger partial charge in [-0.2, -0.15) is 0 Å².